The monoisotopic (exact) mass is 259 g/mol. The molecule has 0 aliphatic heterocycles. The van der Waals surface area contributed by atoms with Crippen molar-refractivity contribution in [2.45, 2.75) is 12.8 Å². The van der Waals surface area contributed by atoms with Gasteiger partial charge in [0, 0.05) is 6.54 Å². The number of ether oxygens (including phenoxy) is 1. The van der Waals surface area contributed by atoms with Crippen LogP contribution in [0.2, 0.25) is 0 Å². The van der Waals surface area contributed by atoms with Crippen molar-refractivity contribution in [1.82, 2.24) is 9.97 Å². The van der Waals surface area contributed by atoms with E-state index in [1.54, 1.807) is 0 Å². The van der Waals surface area contributed by atoms with E-state index in [1.807, 2.05) is 18.2 Å². The zero-order chi connectivity index (χ0) is 13.7. The molecule has 2 N–H and O–H groups in total. The zero-order valence-corrected chi connectivity index (χ0v) is 11.0. The summed E-state index contributed by atoms with van der Waals surface area (Å²) in [5, 5.41) is 3.15. The van der Waals surface area contributed by atoms with Crippen LogP contribution in [0.25, 0.3) is 0 Å². The molecule has 100 valence electrons. The minimum atomic E-state index is -0.285. The fourth-order valence-corrected chi connectivity index (χ4v) is 1.85. The van der Waals surface area contributed by atoms with Crippen molar-refractivity contribution >= 4 is 5.82 Å². The van der Waals surface area contributed by atoms with Gasteiger partial charge in [0.2, 0.25) is 5.75 Å². The zero-order valence-electron chi connectivity index (χ0n) is 11.0. The number of methoxy groups -OCH3 is 1. The molecule has 5 heteroatoms. The molecule has 19 heavy (non-hydrogen) atoms. The van der Waals surface area contributed by atoms with Gasteiger partial charge in [0.1, 0.15) is 0 Å². The second kappa shape index (κ2) is 6.04. The minimum Gasteiger partial charge on any atom is -0.489 e. The molecule has 0 radical (unpaired) electrons. The van der Waals surface area contributed by atoms with Crippen molar-refractivity contribution < 1.29 is 4.74 Å². The van der Waals surface area contributed by atoms with Gasteiger partial charge < -0.3 is 15.0 Å². The summed E-state index contributed by atoms with van der Waals surface area (Å²) in [7, 11) is 1.46. The molecule has 2 aromatic rings. The molecule has 0 spiro atoms. The lowest BCUT2D eigenvalue weighted by Gasteiger charge is -2.14. The summed E-state index contributed by atoms with van der Waals surface area (Å²) in [6, 6.07) is 10.2. The molecule has 5 nitrogen and oxygen atoms in total. The van der Waals surface area contributed by atoms with Crippen molar-refractivity contribution in [2.75, 3.05) is 19.0 Å². The molecule has 1 aromatic carbocycles. The van der Waals surface area contributed by atoms with Crippen LogP contribution < -0.4 is 15.6 Å². The van der Waals surface area contributed by atoms with Gasteiger partial charge >= 0.3 is 0 Å². The fraction of sp³-hybridized carbons (Fsp3) is 0.286. The summed E-state index contributed by atoms with van der Waals surface area (Å²) in [4.78, 5) is 18.1. The SMILES string of the molecule is COc1c(NCC(C)c2ccccc2)nc[nH]c1=O. The van der Waals surface area contributed by atoms with Gasteiger partial charge in [-0.15, -0.1) is 0 Å². The summed E-state index contributed by atoms with van der Waals surface area (Å²) in [6.07, 6.45) is 1.36. The number of hydrogen-bond acceptors (Lipinski definition) is 4. The van der Waals surface area contributed by atoms with Crippen LogP contribution in [-0.2, 0) is 0 Å². The number of aromatic nitrogens is 2. The standard InChI is InChI=1S/C14H17N3O2/c1-10(11-6-4-3-5-7-11)8-15-13-12(19-2)14(18)17-9-16-13/h3-7,9-10H,8H2,1-2H3,(H2,15,16,17,18). The summed E-state index contributed by atoms with van der Waals surface area (Å²) in [5.74, 6) is 0.990. The Kier molecular flexibility index (Phi) is 4.18. The van der Waals surface area contributed by atoms with Gasteiger partial charge in [-0.05, 0) is 11.5 Å². The summed E-state index contributed by atoms with van der Waals surface area (Å²) < 4.78 is 5.05. The van der Waals surface area contributed by atoms with Gasteiger partial charge in [-0.1, -0.05) is 37.3 Å². The van der Waals surface area contributed by atoms with Gasteiger partial charge in [0.25, 0.3) is 5.56 Å². The van der Waals surface area contributed by atoms with Crippen LogP contribution in [-0.4, -0.2) is 23.6 Å². The van der Waals surface area contributed by atoms with Crippen LogP contribution in [0, 0.1) is 0 Å². The van der Waals surface area contributed by atoms with E-state index in [4.69, 9.17) is 4.74 Å². The molecule has 1 unspecified atom stereocenters. The first-order valence-corrected chi connectivity index (χ1v) is 6.13. The second-order valence-electron chi connectivity index (χ2n) is 4.31. The Morgan fingerprint density at radius 3 is 2.79 bits per heavy atom. The van der Waals surface area contributed by atoms with Crippen molar-refractivity contribution in [3.63, 3.8) is 0 Å². The Morgan fingerprint density at radius 2 is 2.11 bits per heavy atom. The van der Waals surface area contributed by atoms with Gasteiger partial charge in [0.05, 0.1) is 13.4 Å². The highest BCUT2D eigenvalue weighted by molar-refractivity contribution is 5.48. The average Bonchev–Trinajstić information content (AvgIpc) is 2.45. The number of nitrogens with zero attached hydrogens (tertiary/aromatic N) is 1. The lowest BCUT2D eigenvalue weighted by Crippen LogP contribution is -2.16. The molecular formula is C14H17N3O2. The molecule has 1 atom stereocenters. The maximum absolute atomic E-state index is 11.5. The quantitative estimate of drug-likeness (QED) is 0.861. The third-order valence-corrected chi connectivity index (χ3v) is 2.96. The summed E-state index contributed by atoms with van der Waals surface area (Å²) in [5.41, 5.74) is 0.950. The van der Waals surface area contributed by atoms with E-state index in [0.29, 0.717) is 18.3 Å². The largest absolute Gasteiger partial charge is 0.489 e. The van der Waals surface area contributed by atoms with Gasteiger partial charge in [0.15, 0.2) is 5.82 Å². The van der Waals surface area contributed by atoms with E-state index in [0.717, 1.165) is 0 Å². The summed E-state index contributed by atoms with van der Waals surface area (Å²) in [6.45, 7) is 2.79. The van der Waals surface area contributed by atoms with Crippen LogP contribution in [0.3, 0.4) is 0 Å². The Labute approximate surface area is 111 Å². The number of hydrogen-bond donors (Lipinski definition) is 2. The summed E-state index contributed by atoms with van der Waals surface area (Å²) >= 11 is 0. The van der Waals surface area contributed by atoms with Crippen LogP contribution >= 0.6 is 0 Å². The molecule has 0 saturated heterocycles. The molecule has 0 amide bonds. The molecule has 2 rings (SSSR count). The Bertz CT molecular complexity index is 581. The van der Waals surface area contributed by atoms with Crippen LogP contribution in [0.4, 0.5) is 5.82 Å². The van der Waals surface area contributed by atoms with E-state index >= 15 is 0 Å². The van der Waals surface area contributed by atoms with Crippen molar-refractivity contribution in [2.24, 2.45) is 0 Å². The number of benzene rings is 1. The number of anilines is 1. The highest BCUT2D eigenvalue weighted by Gasteiger charge is 2.10. The molecule has 0 fully saturated rings. The third kappa shape index (κ3) is 3.13. The molecular weight excluding hydrogens is 242 g/mol. The third-order valence-electron chi connectivity index (χ3n) is 2.96. The fourth-order valence-electron chi connectivity index (χ4n) is 1.85. The Morgan fingerprint density at radius 1 is 1.37 bits per heavy atom. The minimum absolute atomic E-state index is 0.211. The lowest BCUT2D eigenvalue weighted by atomic mass is 10.0. The average molecular weight is 259 g/mol. The highest BCUT2D eigenvalue weighted by Crippen LogP contribution is 2.18. The highest BCUT2D eigenvalue weighted by atomic mass is 16.5. The van der Waals surface area contributed by atoms with Crippen LogP contribution in [0.1, 0.15) is 18.4 Å². The predicted octanol–water partition coefficient (Wildman–Crippen LogP) is 1.99. The predicted molar refractivity (Wildman–Crippen MR) is 74.8 cm³/mol. The van der Waals surface area contributed by atoms with Gasteiger partial charge in [-0.2, -0.15) is 0 Å². The molecule has 0 aliphatic carbocycles. The molecule has 0 aliphatic rings. The molecule has 1 aromatic heterocycles. The van der Waals surface area contributed by atoms with Gasteiger partial charge in [-0.3, -0.25) is 4.79 Å². The van der Waals surface area contributed by atoms with Crippen LogP contribution in [0.5, 0.6) is 5.75 Å². The Hall–Kier alpha value is -2.30. The van der Waals surface area contributed by atoms with Crippen molar-refractivity contribution in [3.8, 4) is 5.75 Å². The number of H-pyrrole nitrogens is 1. The Balaban J connectivity index is 2.07. The molecule has 0 saturated carbocycles. The van der Waals surface area contributed by atoms with Crippen molar-refractivity contribution in [3.05, 3.63) is 52.6 Å². The maximum Gasteiger partial charge on any atom is 0.295 e. The normalized spacial score (nSPS) is 11.9. The number of aromatic amines is 1. The first kappa shape index (κ1) is 13.1. The number of nitrogens with one attached hydrogen (secondary N) is 2. The first-order chi connectivity index (χ1) is 9.22. The lowest BCUT2D eigenvalue weighted by molar-refractivity contribution is 0.408. The van der Waals surface area contributed by atoms with Crippen LogP contribution in [0.15, 0.2) is 41.5 Å². The first-order valence-electron chi connectivity index (χ1n) is 6.13. The van der Waals surface area contributed by atoms with E-state index in [9.17, 15) is 4.79 Å². The topological polar surface area (TPSA) is 67.0 Å². The van der Waals surface area contributed by atoms with E-state index in [-0.39, 0.29) is 11.3 Å². The maximum atomic E-state index is 11.5. The molecule has 1 heterocycles. The van der Waals surface area contributed by atoms with E-state index < -0.39 is 0 Å². The van der Waals surface area contributed by atoms with Crippen molar-refractivity contribution in [1.29, 1.82) is 0 Å². The second-order valence-corrected chi connectivity index (χ2v) is 4.31. The number of rotatable bonds is 5. The van der Waals surface area contributed by atoms with E-state index in [2.05, 4.69) is 34.3 Å². The van der Waals surface area contributed by atoms with E-state index in [1.165, 1.54) is 19.0 Å². The van der Waals surface area contributed by atoms with Gasteiger partial charge in [-0.25, -0.2) is 4.98 Å². The smallest absolute Gasteiger partial charge is 0.295 e. The molecule has 0 bridgehead atoms.